The summed E-state index contributed by atoms with van der Waals surface area (Å²) in [4.78, 5) is 25.1. The minimum Gasteiger partial charge on any atom is -0.427 e. The molecular weight excluding hydrogens is 328 g/mol. The first-order chi connectivity index (χ1) is 12.6. The maximum Gasteiger partial charge on any atom is 0.308 e. The predicted octanol–water partition coefficient (Wildman–Crippen LogP) is 3.58. The van der Waals surface area contributed by atoms with Gasteiger partial charge in [0.05, 0.1) is 11.8 Å². The van der Waals surface area contributed by atoms with Crippen molar-refractivity contribution in [3.05, 3.63) is 71.8 Å². The van der Waals surface area contributed by atoms with E-state index in [1.807, 2.05) is 30.3 Å². The third kappa shape index (κ3) is 3.70. The maximum absolute atomic E-state index is 12.7. The number of carbonyl (C=O) groups is 2. The number of rotatable bonds is 3. The van der Waals surface area contributed by atoms with Crippen molar-refractivity contribution in [3.8, 4) is 11.8 Å². The number of benzene rings is 2. The summed E-state index contributed by atoms with van der Waals surface area (Å²) in [6.07, 6.45) is 6.66. The Morgan fingerprint density at radius 3 is 2.58 bits per heavy atom. The highest BCUT2D eigenvalue weighted by Gasteiger charge is 2.26. The molecule has 1 heterocycles. The van der Waals surface area contributed by atoms with Crippen molar-refractivity contribution >= 4 is 29.7 Å². The second-order valence-electron chi connectivity index (χ2n) is 5.70. The lowest BCUT2D eigenvalue weighted by Gasteiger charge is -2.29. The van der Waals surface area contributed by atoms with Crippen molar-refractivity contribution in [3.63, 3.8) is 0 Å². The van der Waals surface area contributed by atoms with E-state index in [1.165, 1.54) is 17.9 Å². The van der Waals surface area contributed by atoms with Crippen molar-refractivity contribution in [1.82, 2.24) is 0 Å². The standard InChI is InChI=1S/C21H16N2O3/c1-15(24)26-19-11-6-16(7-12-19)8-13-21(25)23-18(14-22)10-9-17-4-2-3-5-20(17)23/h2-13,18H,1H3/b13-8+. The minimum atomic E-state index is -0.645. The molecule has 1 aliphatic heterocycles. The summed E-state index contributed by atoms with van der Waals surface area (Å²) in [6.45, 7) is 1.34. The van der Waals surface area contributed by atoms with E-state index in [9.17, 15) is 14.9 Å². The number of ether oxygens (including phenoxy) is 1. The van der Waals surface area contributed by atoms with Gasteiger partial charge in [-0.1, -0.05) is 36.4 Å². The van der Waals surface area contributed by atoms with Crippen molar-refractivity contribution in [2.45, 2.75) is 13.0 Å². The smallest absolute Gasteiger partial charge is 0.308 e. The Morgan fingerprint density at radius 1 is 1.15 bits per heavy atom. The zero-order valence-electron chi connectivity index (χ0n) is 14.1. The van der Waals surface area contributed by atoms with Gasteiger partial charge in [-0.2, -0.15) is 5.26 Å². The maximum atomic E-state index is 12.7. The number of hydrogen-bond acceptors (Lipinski definition) is 4. The Hall–Kier alpha value is -3.65. The zero-order chi connectivity index (χ0) is 18.5. The SMILES string of the molecule is CC(=O)Oc1ccc(/C=C/C(=O)N2c3ccccc3C=CC2C#N)cc1. The van der Waals surface area contributed by atoms with E-state index in [1.54, 1.807) is 36.4 Å². The summed E-state index contributed by atoms with van der Waals surface area (Å²) >= 11 is 0. The van der Waals surface area contributed by atoms with E-state index in [-0.39, 0.29) is 11.9 Å². The summed E-state index contributed by atoms with van der Waals surface area (Å²) in [7, 11) is 0. The number of amides is 1. The molecule has 26 heavy (non-hydrogen) atoms. The van der Waals surface area contributed by atoms with Gasteiger partial charge in [0, 0.05) is 13.0 Å². The molecule has 1 unspecified atom stereocenters. The van der Waals surface area contributed by atoms with Gasteiger partial charge in [-0.05, 0) is 41.5 Å². The lowest BCUT2D eigenvalue weighted by atomic mass is 10.0. The van der Waals surface area contributed by atoms with Gasteiger partial charge < -0.3 is 4.74 Å². The monoisotopic (exact) mass is 344 g/mol. The van der Waals surface area contributed by atoms with Crippen molar-refractivity contribution < 1.29 is 14.3 Å². The molecule has 128 valence electrons. The molecule has 5 heteroatoms. The first-order valence-corrected chi connectivity index (χ1v) is 8.05. The van der Waals surface area contributed by atoms with Crippen LogP contribution >= 0.6 is 0 Å². The number of nitriles is 1. The van der Waals surface area contributed by atoms with Crippen LogP contribution in [0, 0.1) is 11.3 Å². The van der Waals surface area contributed by atoms with Gasteiger partial charge in [-0.3, -0.25) is 14.5 Å². The van der Waals surface area contributed by atoms with Crippen LogP contribution in [0.15, 0.2) is 60.7 Å². The minimum absolute atomic E-state index is 0.280. The molecule has 0 radical (unpaired) electrons. The van der Waals surface area contributed by atoms with Crippen LogP contribution in [0.4, 0.5) is 5.69 Å². The van der Waals surface area contributed by atoms with Crippen LogP contribution in [0.1, 0.15) is 18.1 Å². The lowest BCUT2D eigenvalue weighted by Crippen LogP contribution is -2.39. The number of anilines is 1. The van der Waals surface area contributed by atoms with Gasteiger partial charge in [0.1, 0.15) is 11.8 Å². The fourth-order valence-corrected chi connectivity index (χ4v) is 2.70. The van der Waals surface area contributed by atoms with E-state index in [4.69, 9.17) is 4.74 Å². The average molecular weight is 344 g/mol. The van der Waals surface area contributed by atoms with Crippen LogP contribution in [0.2, 0.25) is 0 Å². The number of carbonyl (C=O) groups excluding carboxylic acids is 2. The first kappa shape index (κ1) is 17.2. The van der Waals surface area contributed by atoms with Crippen LogP contribution in [-0.2, 0) is 9.59 Å². The first-order valence-electron chi connectivity index (χ1n) is 8.05. The molecule has 5 nitrogen and oxygen atoms in total. The molecule has 0 N–H and O–H groups in total. The summed E-state index contributed by atoms with van der Waals surface area (Å²) in [5.41, 5.74) is 2.39. The van der Waals surface area contributed by atoms with Crippen molar-refractivity contribution in [2.24, 2.45) is 0 Å². The third-order valence-corrected chi connectivity index (χ3v) is 3.86. The van der Waals surface area contributed by atoms with Crippen molar-refractivity contribution in [2.75, 3.05) is 4.90 Å². The van der Waals surface area contributed by atoms with Crippen LogP contribution in [0.5, 0.6) is 5.75 Å². The molecule has 0 aromatic heterocycles. The summed E-state index contributed by atoms with van der Waals surface area (Å²) in [5.74, 6) is -0.221. The van der Waals surface area contributed by atoms with Crippen LogP contribution < -0.4 is 9.64 Å². The highest BCUT2D eigenvalue weighted by Crippen LogP contribution is 2.29. The second-order valence-corrected chi connectivity index (χ2v) is 5.70. The Bertz CT molecular complexity index is 936. The lowest BCUT2D eigenvalue weighted by molar-refractivity contribution is -0.131. The average Bonchev–Trinajstić information content (AvgIpc) is 2.65. The summed E-state index contributed by atoms with van der Waals surface area (Å²) in [5, 5.41) is 9.36. The van der Waals surface area contributed by atoms with E-state index in [2.05, 4.69) is 6.07 Å². The molecule has 0 saturated heterocycles. The number of esters is 1. The normalized spacial score (nSPS) is 15.4. The highest BCUT2D eigenvalue weighted by molar-refractivity contribution is 6.06. The van der Waals surface area contributed by atoms with E-state index in [0.29, 0.717) is 11.4 Å². The Kier molecular flexibility index (Phi) is 4.95. The molecule has 0 saturated carbocycles. The largest absolute Gasteiger partial charge is 0.427 e. The molecule has 1 atom stereocenters. The van der Waals surface area contributed by atoms with Gasteiger partial charge >= 0.3 is 5.97 Å². The Labute approximate surface area is 151 Å². The van der Waals surface area contributed by atoms with Crippen LogP contribution in [-0.4, -0.2) is 17.9 Å². The number of fused-ring (bicyclic) bond motifs is 1. The van der Waals surface area contributed by atoms with Crippen molar-refractivity contribution in [1.29, 1.82) is 5.26 Å². The molecule has 3 rings (SSSR count). The van der Waals surface area contributed by atoms with Gasteiger partial charge in [0.25, 0.3) is 5.91 Å². The van der Waals surface area contributed by atoms with Gasteiger partial charge in [0.2, 0.25) is 0 Å². The van der Waals surface area contributed by atoms with Gasteiger partial charge in [-0.25, -0.2) is 0 Å². The number of para-hydroxylation sites is 1. The van der Waals surface area contributed by atoms with Gasteiger partial charge in [-0.15, -0.1) is 0 Å². The third-order valence-electron chi connectivity index (χ3n) is 3.86. The van der Waals surface area contributed by atoms with E-state index < -0.39 is 6.04 Å². The quantitative estimate of drug-likeness (QED) is 0.485. The molecule has 0 spiro atoms. The molecule has 0 aliphatic carbocycles. The predicted molar refractivity (Wildman–Crippen MR) is 99.1 cm³/mol. The van der Waals surface area contributed by atoms with Crippen LogP contribution in [0.25, 0.3) is 12.2 Å². The topological polar surface area (TPSA) is 70.4 Å². The molecule has 2 aromatic rings. The number of hydrogen-bond donors (Lipinski definition) is 0. The fraction of sp³-hybridized carbons (Fsp3) is 0.0952. The molecule has 0 bridgehead atoms. The Balaban J connectivity index is 1.80. The Morgan fingerprint density at radius 2 is 1.88 bits per heavy atom. The van der Waals surface area contributed by atoms with Gasteiger partial charge in [0.15, 0.2) is 0 Å². The molecule has 0 fully saturated rings. The molecule has 1 aliphatic rings. The summed E-state index contributed by atoms with van der Waals surface area (Å²) < 4.78 is 4.98. The molecule has 1 amide bonds. The highest BCUT2D eigenvalue weighted by atomic mass is 16.5. The second kappa shape index (κ2) is 7.49. The van der Waals surface area contributed by atoms with E-state index >= 15 is 0 Å². The van der Waals surface area contributed by atoms with E-state index in [0.717, 1.165) is 11.1 Å². The molecular formula is C21H16N2O3. The molecule has 2 aromatic carbocycles. The summed E-state index contributed by atoms with van der Waals surface area (Å²) in [6, 6.07) is 15.7. The zero-order valence-corrected chi connectivity index (χ0v) is 14.1. The van der Waals surface area contributed by atoms with Crippen LogP contribution in [0.3, 0.4) is 0 Å². The fourth-order valence-electron chi connectivity index (χ4n) is 2.70. The number of nitrogens with zero attached hydrogens (tertiary/aromatic N) is 2.